The van der Waals surface area contributed by atoms with Gasteiger partial charge in [0.2, 0.25) is 5.91 Å². The molecule has 8 nitrogen and oxygen atoms in total. The third kappa shape index (κ3) is 5.55. The SMILES string of the molecule is CC(C)Sc1nc(N2CCOCC2)c2cnn(CCNC(=O)Cc3ccc(F)cc3)c2n1. The van der Waals surface area contributed by atoms with Crippen LogP contribution in [-0.2, 0) is 22.5 Å². The van der Waals surface area contributed by atoms with Crippen molar-refractivity contribution in [1.29, 1.82) is 0 Å². The van der Waals surface area contributed by atoms with Crippen LogP contribution in [0.5, 0.6) is 0 Å². The zero-order valence-corrected chi connectivity index (χ0v) is 19.1. The lowest BCUT2D eigenvalue weighted by atomic mass is 10.1. The summed E-state index contributed by atoms with van der Waals surface area (Å²) in [4.78, 5) is 24.0. The third-order valence-electron chi connectivity index (χ3n) is 5.03. The summed E-state index contributed by atoms with van der Waals surface area (Å²) < 4.78 is 20.3. The molecule has 0 bridgehead atoms. The van der Waals surface area contributed by atoms with E-state index in [0.29, 0.717) is 31.6 Å². The molecule has 0 atom stereocenters. The highest BCUT2D eigenvalue weighted by Crippen LogP contribution is 2.29. The number of amides is 1. The minimum Gasteiger partial charge on any atom is -0.378 e. The number of carbonyl (C=O) groups excluding carboxylic acids is 1. The van der Waals surface area contributed by atoms with Gasteiger partial charge in [0.1, 0.15) is 11.6 Å². The zero-order valence-electron chi connectivity index (χ0n) is 18.3. The van der Waals surface area contributed by atoms with Gasteiger partial charge >= 0.3 is 0 Å². The van der Waals surface area contributed by atoms with E-state index in [4.69, 9.17) is 14.7 Å². The molecule has 1 fully saturated rings. The highest BCUT2D eigenvalue weighted by atomic mass is 32.2. The summed E-state index contributed by atoms with van der Waals surface area (Å²) in [5.41, 5.74) is 1.53. The molecule has 0 unspecified atom stereocenters. The number of fused-ring (bicyclic) bond motifs is 1. The highest BCUT2D eigenvalue weighted by molar-refractivity contribution is 7.99. The minimum absolute atomic E-state index is 0.118. The lowest BCUT2D eigenvalue weighted by Crippen LogP contribution is -2.37. The largest absolute Gasteiger partial charge is 0.378 e. The van der Waals surface area contributed by atoms with Crippen molar-refractivity contribution in [3.63, 3.8) is 0 Å². The number of aromatic nitrogens is 4. The number of carbonyl (C=O) groups is 1. The van der Waals surface area contributed by atoms with Crippen LogP contribution < -0.4 is 10.2 Å². The van der Waals surface area contributed by atoms with Crippen LogP contribution in [0.15, 0.2) is 35.6 Å². The number of hydrogen-bond donors (Lipinski definition) is 1. The van der Waals surface area contributed by atoms with Gasteiger partial charge in [0.15, 0.2) is 10.8 Å². The molecule has 1 aliphatic heterocycles. The van der Waals surface area contributed by atoms with Gasteiger partial charge in [-0.3, -0.25) is 4.79 Å². The predicted molar refractivity (Wildman–Crippen MR) is 122 cm³/mol. The molecule has 1 saturated heterocycles. The average molecular weight is 459 g/mol. The monoisotopic (exact) mass is 458 g/mol. The van der Waals surface area contributed by atoms with Crippen molar-refractivity contribution in [1.82, 2.24) is 25.1 Å². The Labute approximate surface area is 190 Å². The molecule has 0 saturated carbocycles. The molecule has 10 heteroatoms. The van der Waals surface area contributed by atoms with Crippen LogP contribution in [0.1, 0.15) is 19.4 Å². The van der Waals surface area contributed by atoms with Gasteiger partial charge in [-0.15, -0.1) is 0 Å². The number of nitrogens with zero attached hydrogens (tertiary/aromatic N) is 5. The van der Waals surface area contributed by atoms with E-state index < -0.39 is 0 Å². The summed E-state index contributed by atoms with van der Waals surface area (Å²) in [6.07, 6.45) is 2.00. The number of rotatable bonds is 8. The van der Waals surface area contributed by atoms with Crippen molar-refractivity contribution in [2.45, 2.75) is 37.2 Å². The molecular formula is C22H27FN6O2S. The molecule has 0 aliphatic carbocycles. The van der Waals surface area contributed by atoms with Crippen LogP contribution in [0.3, 0.4) is 0 Å². The van der Waals surface area contributed by atoms with Crippen LogP contribution in [0.4, 0.5) is 10.2 Å². The maximum absolute atomic E-state index is 13.0. The summed E-state index contributed by atoms with van der Waals surface area (Å²) in [6.45, 7) is 8.04. The molecule has 170 valence electrons. The molecule has 1 aromatic carbocycles. The van der Waals surface area contributed by atoms with E-state index in [1.54, 1.807) is 30.1 Å². The van der Waals surface area contributed by atoms with E-state index in [1.165, 1.54) is 12.1 Å². The van der Waals surface area contributed by atoms with Gasteiger partial charge in [-0.05, 0) is 17.7 Å². The fourth-order valence-electron chi connectivity index (χ4n) is 3.52. The first-order valence-electron chi connectivity index (χ1n) is 10.7. The Morgan fingerprint density at radius 3 is 2.69 bits per heavy atom. The normalized spacial score (nSPS) is 14.3. The van der Waals surface area contributed by atoms with E-state index in [1.807, 2.05) is 4.68 Å². The van der Waals surface area contributed by atoms with Gasteiger partial charge in [0, 0.05) is 24.9 Å². The second-order valence-electron chi connectivity index (χ2n) is 7.85. The Morgan fingerprint density at radius 2 is 1.97 bits per heavy atom. The Hall–Kier alpha value is -2.72. The molecule has 1 amide bonds. The lowest BCUT2D eigenvalue weighted by Gasteiger charge is -2.28. The first-order valence-corrected chi connectivity index (χ1v) is 11.6. The van der Waals surface area contributed by atoms with Crippen molar-refractivity contribution >= 4 is 34.5 Å². The van der Waals surface area contributed by atoms with Crippen LogP contribution in [0, 0.1) is 5.82 Å². The number of hydrogen-bond acceptors (Lipinski definition) is 7. The number of nitrogens with one attached hydrogen (secondary N) is 1. The van der Waals surface area contributed by atoms with Crippen LogP contribution in [0.25, 0.3) is 11.0 Å². The summed E-state index contributed by atoms with van der Waals surface area (Å²) in [5.74, 6) is 0.453. The smallest absolute Gasteiger partial charge is 0.224 e. The van der Waals surface area contributed by atoms with Crippen LogP contribution in [0.2, 0.25) is 0 Å². The fourth-order valence-corrected chi connectivity index (χ4v) is 4.22. The number of morpholine rings is 1. The third-order valence-corrected chi connectivity index (χ3v) is 5.90. The Balaban J connectivity index is 1.47. The van der Waals surface area contributed by atoms with E-state index in [-0.39, 0.29) is 18.1 Å². The lowest BCUT2D eigenvalue weighted by molar-refractivity contribution is -0.120. The van der Waals surface area contributed by atoms with Crippen LogP contribution in [-0.4, -0.2) is 63.8 Å². The quantitative estimate of drug-likeness (QED) is 0.410. The molecule has 1 N–H and O–H groups in total. The predicted octanol–water partition coefficient (Wildman–Crippen LogP) is 2.66. The molecule has 0 spiro atoms. The molecule has 3 heterocycles. The van der Waals surface area contributed by atoms with E-state index in [2.05, 4.69) is 29.2 Å². The summed E-state index contributed by atoms with van der Waals surface area (Å²) in [5, 5.41) is 9.39. The highest BCUT2D eigenvalue weighted by Gasteiger charge is 2.20. The average Bonchev–Trinajstić information content (AvgIpc) is 3.18. The van der Waals surface area contributed by atoms with Gasteiger partial charge in [-0.25, -0.2) is 19.0 Å². The van der Waals surface area contributed by atoms with Gasteiger partial charge in [0.05, 0.1) is 37.8 Å². The number of thioether (sulfide) groups is 1. The molecule has 1 aliphatic rings. The first-order chi connectivity index (χ1) is 15.5. The Morgan fingerprint density at radius 1 is 1.22 bits per heavy atom. The maximum Gasteiger partial charge on any atom is 0.224 e. The second-order valence-corrected chi connectivity index (χ2v) is 9.40. The van der Waals surface area contributed by atoms with E-state index in [9.17, 15) is 9.18 Å². The zero-order chi connectivity index (χ0) is 22.5. The number of benzene rings is 1. The van der Waals surface area contributed by atoms with Crippen molar-refractivity contribution in [2.75, 3.05) is 37.7 Å². The maximum atomic E-state index is 13.0. The fraction of sp³-hybridized carbons (Fsp3) is 0.455. The number of anilines is 1. The molecule has 32 heavy (non-hydrogen) atoms. The van der Waals surface area contributed by atoms with Crippen molar-refractivity contribution in [3.8, 4) is 0 Å². The number of halogens is 1. The number of ether oxygens (including phenoxy) is 1. The van der Waals surface area contributed by atoms with Gasteiger partial charge in [-0.1, -0.05) is 37.7 Å². The summed E-state index contributed by atoms with van der Waals surface area (Å²) in [7, 11) is 0. The first kappa shape index (κ1) is 22.5. The molecular weight excluding hydrogens is 431 g/mol. The van der Waals surface area contributed by atoms with Crippen molar-refractivity contribution in [2.24, 2.45) is 0 Å². The Kier molecular flexibility index (Phi) is 7.21. The van der Waals surface area contributed by atoms with Crippen molar-refractivity contribution in [3.05, 3.63) is 41.8 Å². The van der Waals surface area contributed by atoms with Crippen molar-refractivity contribution < 1.29 is 13.9 Å². The summed E-state index contributed by atoms with van der Waals surface area (Å²) in [6, 6.07) is 5.95. The van der Waals surface area contributed by atoms with Gasteiger partial charge in [0.25, 0.3) is 0 Å². The van der Waals surface area contributed by atoms with Gasteiger partial charge in [-0.2, -0.15) is 5.10 Å². The Bertz CT molecular complexity index is 1070. The van der Waals surface area contributed by atoms with Gasteiger partial charge < -0.3 is 15.0 Å². The topological polar surface area (TPSA) is 85.2 Å². The van der Waals surface area contributed by atoms with E-state index >= 15 is 0 Å². The second kappa shape index (κ2) is 10.3. The molecule has 3 aromatic rings. The molecule has 2 aromatic heterocycles. The van der Waals surface area contributed by atoms with Crippen LogP contribution >= 0.6 is 11.8 Å². The molecule has 4 rings (SSSR count). The standard InChI is InChI=1S/C22H27FN6O2S/c1-15(2)32-22-26-20(28-9-11-31-12-10-28)18-14-25-29(21(18)27-22)8-7-24-19(30)13-16-3-5-17(23)6-4-16/h3-6,14-15H,7-13H2,1-2H3,(H,24,30). The molecule has 0 radical (unpaired) electrons. The minimum atomic E-state index is -0.312. The van der Waals surface area contributed by atoms with E-state index in [0.717, 1.165) is 40.7 Å². The summed E-state index contributed by atoms with van der Waals surface area (Å²) >= 11 is 1.62.